The van der Waals surface area contributed by atoms with Gasteiger partial charge < -0.3 is 14.2 Å². The molecule has 0 bridgehead atoms. The van der Waals surface area contributed by atoms with Crippen molar-refractivity contribution in [1.29, 1.82) is 0 Å². The van der Waals surface area contributed by atoms with E-state index in [9.17, 15) is 14.4 Å². The van der Waals surface area contributed by atoms with Crippen molar-refractivity contribution in [2.24, 2.45) is 5.10 Å². The molecule has 0 atom stereocenters. The van der Waals surface area contributed by atoms with Crippen LogP contribution >= 0.6 is 11.3 Å². The molecule has 0 aliphatic heterocycles. The number of rotatable bonds is 9. The van der Waals surface area contributed by atoms with Gasteiger partial charge in [0.25, 0.3) is 0 Å². The molecule has 2 amide bonds. The monoisotopic (exact) mass is 545 g/mol. The SMILES string of the molecule is CCOc1cc(C=NNC(=O)C(=O)Nc2nnc(-c3ccccc3)s2)ccc1OC(=O)c1ccc(OC)cc1. The fraction of sp³-hybridized carbons (Fsp3) is 0.111. The molecule has 0 aliphatic carbocycles. The number of hydrazone groups is 1. The van der Waals surface area contributed by atoms with Crippen LogP contribution in [0.1, 0.15) is 22.8 Å². The second kappa shape index (κ2) is 12.9. The molecule has 0 spiro atoms. The van der Waals surface area contributed by atoms with E-state index in [4.69, 9.17) is 14.2 Å². The van der Waals surface area contributed by atoms with Gasteiger partial charge in [0, 0.05) is 5.56 Å². The van der Waals surface area contributed by atoms with Crippen molar-refractivity contribution in [3.63, 3.8) is 0 Å². The maximum Gasteiger partial charge on any atom is 0.343 e. The Morgan fingerprint density at radius 2 is 1.72 bits per heavy atom. The number of hydrogen-bond acceptors (Lipinski definition) is 10. The lowest BCUT2D eigenvalue weighted by Crippen LogP contribution is -2.32. The summed E-state index contributed by atoms with van der Waals surface area (Å²) < 4.78 is 16.2. The van der Waals surface area contributed by atoms with Gasteiger partial charge in [-0.15, -0.1) is 10.2 Å². The lowest BCUT2D eigenvalue weighted by atomic mass is 10.2. The molecule has 3 aromatic carbocycles. The first-order chi connectivity index (χ1) is 19.0. The summed E-state index contributed by atoms with van der Waals surface area (Å²) in [7, 11) is 1.54. The number of nitrogens with one attached hydrogen (secondary N) is 2. The highest BCUT2D eigenvalue weighted by molar-refractivity contribution is 7.18. The van der Waals surface area contributed by atoms with Gasteiger partial charge in [0.15, 0.2) is 11.5 Å². The summed E-state index contributed by atoms with van der Waals surface area (Å²) in [5.74, 6) is -1.36. The number of amides is 2. The van der Waals surface area contributed by atoms with Gasteiger partial charge in [-0.05, 0) is 55.0 Å². The number of hydrogen-bond donors (Lipinski definition) is 2. The molecule has 0 saturated heterocycles. The Morgan fingerprint density at radius 3 is 2.44 bits per heavy atom. The molecule has 39 heavy (non-hydrogen) atoms. The summed E-state index contributed by atoms with van der Waals surface area (Å²) in [6.45, 7) is 2.11. The quantitative estimate of drug-likeness (QED) is 0.106. The Labute approximate surface area is 227 Å². The van der Waals surface area contributed by atoms with Crippen LogP contribution in [-0.4, -0.2) is 47.9 Å². The summed E-state index contributed by atoms with van der Waals surface area (Å²) in [5.41, 5.74) is 3.87. The van der Waals surface area contributed by atoms with Gasteiger partial charge in [0.1, 0.15) is 10.8 Å². The van der Waals surface area contributed by atoms with Crippen LogP contribution in [0.15, 0.2) is 77.9 Å². The van der Waals surface area contributed by atoms with Crippen LogP contribution in [0.4, 0.5) is 5.13 Å². The van der Waals surface area contributed by atoms with E-state index in [1.807, 2.05) is 30.3 Å². The second-order valence-electron chi connectivity index (χ2n) is 7.69. The first kappa shape index (κ1) is 26.9. The molecule has 11 nitrogen and oxygen atoms in total. The fourth-order valence-electron chi connectivity index (χ4n) is 3.18. The van der Waals surface area contributed by atoms with Crippen molar-refractivity contribution in [2.75, 3.05) is 19.0 Å². The number of methoxy groups -OCH3 is 1. The van der Waals surface area contributed by atoms with Crippen LogP contribution in [0.25, 0.3) is 10.6 Å². The summed E-state index contributed by atoms with van der Waals surface area (Å²) in [5, 5.41) is 14.9. The number of nitrogens with zero attached hydrogens (tertiary/aromatic N) is 3. The number of carbonyl (C=O) groups is 3. The number of anilines is 1. The number of esters is 1. The highest BCUT2D eigenvalue weighted by Gasteiger charge is 2.17. The predicted molar refractivity (Wildman–Crippen MR) is 145 cm³/mol. The van der Waals surface area contributed by atoms with E-state index < -0.39 is 17.8 Å². The van der Waals surface area contributed by atoms with E-state index in [0.29, 0.717) is 34.2 Å². The van der Waals surface area contributed by atoms with Crippen LogP contribution in [0, 0.1) is 0 Å². The van der Waals surface area contributed by atoms with Crippen molar-refractivity contribution in [3.05, 3.63) is 83.9 Å². The maximum atomic E-state index is 12.5. The van der Waals surface area contributed by atoms with Crippen LogP contribution in [0.3, 0.4) is 0 Å². The minimum absolute atomic E-state index is 0.180. The minimum atomic E-state index is -0.988. The Balaban J connectivity index is 1.35. The first-order valence-electron chi connectivity index (χ1n) is 11.6. The van der Waals surface area contributed by atoms with Gasteiger partial charge in [-0.25, -0.2) is 10.2 Å². The van der Waals surface area contributed by atoms with Crippen LogP contribution in [0.2, 0.25) is 0 Å². The fourth-order valence-corrected chi connectivity index (χ4v) is 3.93. The molecular formula is C27H23N5O6S. The van der Waals surface area contributed by atoms with E-state index in [0.717, 1.165) is 16.9 Å². The van der Waals surface area contributed by atoms with E-state index in [2.05, 4.69) is 26.0 Å². The van der Waals surface area contributed by atoms with Gasteiger partial charge in [-0.3, -0.25) is 14.9 Å². The standard InChI is InChI=1S/C27H23N5O6S/c1-3-37-22-15-17(9-14-21(22)38-26(35)19-10-12-20(36-2)13-11-19)16-28-30-24(34)23(33)29-27-32-31-25(39-27)18-7-5-4-6-8-18/h4-16H,3H2,1-2H3,(H,30,34)(H,29,32,33). The minimum Gasteiger partial charge on any atom is -0.497 e. The zero-order chi connectivity index (χ0) is 27.6. The topological polar surface area (TPSA) is 141 Å². The van der Waals surface area contributed by atoms with Gasteiger partial charge in [0.05, 0.1) is 25.5 Å². The molecule has 4 rings (SSSR count). The number of ether oxygens (including phenoxy) is 3. The average Bonchev–Trinajstić information content (AvgIpc) is 3.43. The normalized spacial score (nSPS) is 10.6. The summed E-state index contributed by atoms with van der Waals surface area (Å²) >= 11 is 1.14. The molecule has 0 fully saturated rings. The Hall–Kier alpha value is -5.10. The van der Waals surface area contributed by atoms with E-state index in [1.54, 1.807) is 49.4 Å². The Morgan fingerprint density at radius 1 is 0.949 bits per heavy atom. The molecule has 12 heteroatoms. The molecule has 1 aromatic heterocycles. The molecule has 198 valence electrons. The van der Waals surface area contributed by atoms with Crippen molar-refractivity contribution in [2.45, 2.75) is 6.92 Å². The Kier molecular flexibility index (Phi) is 8.93. The average molecular weight is 546 g/mol. The largest absolute Gasteiger partial charge is 0.497 e. The third-order valence-corrected chi connectivity index (χ3v) is 5.94. The van der Waals surface area contributed by atoms with Crippen LogP contribution in [-0.2, 0) is 9.59 Å². The maximum absolute atomic E-state index is 12.5. The lowest BCUT2D eigenvalue weighted by Gasteiger charge is -2.11. The highest BCUT2D eigenvalue weighted by Crippen LogP contribution is 2.29. The second-order valence-corrected chi connectivity index (χ2v) is 8.67. The summed E-state index contributed by atoms with van der Waals surface area (Å²) in [4.78, 5) is 36.9. The molecule has 0 radical (unpaired) electrons. The van der Waals surface area contributed by atoms with Crippen molar-refractivity contribution < 1.29 is 28.6 Å². The third kappa shape index (κ3) is 7.23. The summed E-state index contributed by atoms with van der Waals surface area (Å²) in [6, 6.07) is 20.6. The predicted octanol–water partition coefficient (Wildman–Crippen LogP) is 3.92. The number of benzene rings is 3. The number of carbonyl (C=O) groups excluding carboxylic acids is 3. The van der Waals surface area contributed by atoms with Crippen LogP contribution < -0.4 is 25.0 Å². The van der Waals surface area contributed by atoms with Gasteiger partial charge >= 0.3 is 17.8 Å². The van der Waals surface area contributed by atoms with Gasteiger partial charge in [-0.1, -0.05) is 41.7 Å². The zero-order valence-electron chi connectivity index (χ0n) is 20.9. The van der Waals surface area contributed by atoms with Gasteiger partial charge in [-0.2, -0.15) is 5.10 Å². The van der Waals surface area contributed by atoms with E-state index >= 15 is 0 Å². The first-order valence-corrected chi connectivity index (χ1v) is 12.4. The zero-order valence-corrected chi connectivity index (χ0v) is 21.7. The van der Waals surface area contributed by atoms with Crippen LogP contribution in [0.5, 0.6) is 17.2 Å². The molecule has 0 saturated carbocycles. The number of aromatic nitrogens is 2. The van der Waals surface area contributed by atoms with E-state index in [1.165, 1.54) is 13.3 Å². The van der Waals surface area contributed by atoms with Crippen molar-refractivity contribution in [1.82, 2.24) is 15.6 Å². The van der Waals surface area contributed by atoms with Crippen molar-refractivity contribution >= 4 is 40.5 Å². The molecule has 0 unspecified atom stereocenters. The Bertz CT molecular complexity index is 1490. The molecule has 4 aromatic rings. The molecule has 2 N–H and O–H groups in total. The lowest BCUT2D eigenvalue weighted by molar-refractivity contribution is -0.136. The molecule has 0 aliphatic rings. The summed E-state index contributed by atoms with van der Waals surface area (Å²) in [6.07, 6.45) is 1.32. The smallest absolute Gasteiger partial charge is 0.343 e. The molecular weight excluding hydrogens is 522 g/mol. The highest BCUT2D eigenvalue weighted by atomic mass is 32.1. The van der Waals surface area contributed by atoms with Gasteiger partial charge in [0.2, 0.25) is 5.13 Å². The van der Waals surface area contributed by atoms with E-state index in [-0.39, 0.29) is 10.9 Å². The third-order valence-electron chi connectivity index (χ3n) is 5.05. The molecule has 1 heterocycles. The van der Waals surface area contributed by atoms with Crippen molar-refractivity contribution in [3.8, 4) is 27.8 Å².